The van der Waals surface area contributed by atoms with Crippen LogP contribution >= 0.6 is 0 Å². The molecular formula is C6H10FNO2. The van der Waals surface area contributed by atoms with Crippen LogP contribution in [0.5, 0.6) is 0 Å². The third-order valence-corrected chi connectivity index (χ3v) is 1.77. The molecule has 1 saturated heterocycles. The maximum absolute atomic E-state index is 12.6. The van der Waals surface area contributed by atoms with Crippen molar-refractivity contribution in [3.8, 4) is 0 Å². The van der Waals surface area contributed by atoms with E-state index >= 15 is 0 Å². The smallest absolute Gasteiger partial charge is 0.320 e. The van der Waals surface area contributed by atoms with Gasteiger partial charge in [-0.1, -0.05) is 0 Å². The predicted molar refractivity (Wildman–Crippen MR) is 33.5 cm³/mol. The number of hydrogen-bond acceptors (Lipinski definition) is 2. The molecule has 58 valence electrons. The maximum Gasteiger partial charge on any atom is 0.320 e. The van der Waals surface area contributed by atoms with Gasteiger partial charge in [-0.3, -0.25) is 10.1 Å². The molecule has 0 radical (unpaired) electrons. The lowest BCUT2D eigenvalue weighted by Crippen LogP contribution is -2.34. The van der Waals surface area contributed by atoms with Crippen molar-refractivity contribution in [2.75, 3.05) is 0 Å². The van der Waals surface area contributed by atoms with Crippen LogP contribution in [0.1, 0.15) is 13.3 Å². The highest BCUT2D eigenvalue weighted by Gasteiger charge is 2.34. The van der Waals surface area contributed by atoms with E-state index in [9.17, 15) is 9.18 Å². The van der Waals surface area contributed by atoms with Gasteiger partial charge in [-0.25, -0.2) is 4.39 Å². The summed E-state index contributed by atoms with van der Waals surface area (Å²) < 4.78 is 12.6. The number of carboxylic acids is 1. The molecule has 1 aliphatic rings. The van der Waals surface area contributed by atoms with Crippen molar-refractivity contribution in [1.29, 1.82) is 0 Å². The molecule has 3 unspecified atom stereocenters. The Bertz CT molecular complexity index is 141. The molecule has 3 nitrogen and oxygen atoms in total. The van der Waals surface area contributed by atoms with Crippen molar-refractivity contribution in [3.05, 3.63) is 0 Å². The average molecular weight is 147 g/mol. The largest absolute Gasteiger partial charge is 0.480 e. The van der Waals surface area contributed by atoms with Crippen LogP contribution < -0.4 is 5.32 Å². The van der Waals surface area contributed by atoms with Crippen molar-refractivity contribution in [2.45, 2.75) is 31.6 Å². The Balaban J connectivity index is 2.49. The van der Waals surface area contributed by atoms with Gasteiger partial charge in [0.2, 0.25) is 0 Å². The van der Waals surface area contributed by atoms with Gasteiger partial charge in [-0.2, -0.15) is 0 Å². The first-order valence-electron chi connectivity index (χ1n) is 3.24. The molecule has 0 aromatic rings. The summed E-state index contributed by atoms with van der Waals surface area (Å²) in [7, 11) is 0. The van der Waals surface area contributed by atoms with Crippen molar-refractivity contribution in [3.63, 3.8) is 0 Å². The second-order valence-electron chi connectivity index (χ2n) is 2.60. The SMILES string of the molecule is CC1NC(C(=O)O)CC1F. The van der Waals surface area contributed by atoms with Crippen LogP contribution in [0.4, 0.5) is 4.39 Å². The second kappa shape index (κ2) is 2.54. The number of alkyl halides is 1. The summed E-state index contributed by atoms with van der Waals surface area (Å²) in [5.41, 5.74) is 0. The first-order valence-corrected chi connectivity index (χ1v) is 3.24. The Morgan fingerprint density at radius 2 is 2.40 bits per heavy atom. The summed E-state index contributed by atoms with van der Waals surface area (Å²) in [6.07, 6.45) is -0.919. The fourth-order valence-electron chi connectivity index (χ4n) is 1.09. The highest BCUT2D eigenvalue weighted by molar-refractivity contribution is 5.74. The van der Waals surface area contributed by atoms with Gasteiger partial charge in [-0.15, -0.1) is 0 Å². The van der Waals surface area contributed by atoms with Gasteiger partial charge in [0.15, 0.2) is 0 Å². The summed E-state index contributed by atoms with van der Waals surface area (Å²) in [4.78, 5) is 10.3. The summed E-state index contributed by atoms with van der Waals surface area (Å²) in [5, 5.41) is 11.0. The highest BCUT2D eigenvalue weighted by Crippen LogP contribution is 2.15. The Hall–Kier alpha value is -0.640. The molecule has 1 heterocycles. The van der Waals surface area contributed by atoms with Crippen LogP contribution in [0, 0.1) is 0 Å². The molecule has 0 aromatic carbocycles. The van der Waals surface area contributed by atoms with E-state index in [1.54, 1.807) is 6.92 Å². The van der Waals surface area contributed by atoms with E-state index in [1.165, 1.54) is 0 Å². The number of hydrogen-bond donors (Lipinski definition) is 2. The number of aliphatic carboxylic acids is 1. The summed E-state index contributed by atoms with van der Waals surface area (Å²) >= 11 is 0. The van der Waals surface area contributed by atoms with Gasteiger partial charge < -0.3 is 5.11 Å². The van der Waals surface area contributed by atoms with Crippen LogP contribution in [0.2, 0.25) is 0 Å². The molecule has 10 heavy (non-hydrogen) atoms. The van der Waals surface area contributed by atoms with E-state index in [2.05, 4.69) is 5.32 Å². The van der Waals surface area contributed by atoms with Crippen LogP contribution in [0.3, 0.4) is 0 Å². The first-order chi connectivity index (χ1) is 4.61. The number of carboxylic acid groups (broad SMARTS) is 1. The molecule has 0 aliphatic carbocycles. The Morgan fingerprint density at radius 1 is 1.80 bits per heavy atom. The topological polar surface area (TPSA) is 49.3 Å². The number of halogens is 1. The molecule has 0 aromatic heterocycles. The van der Waals surface area contributed by atoms with Crippen molar-refractivity contribution in [2.24, 2.45) is 0 Å². The Labute approximate surface area is 58.2 Å². The second-order valence-corrected chi connectivity index (χ2v) is 2.60. The maximum atomic E-state index is 12.6. The van der Waals surface area contributed by atoms with Gasteiger partial charge in [0.25, 0.3) is 0 Å². The Kier molecular flexibility index (Phi) is 1.89. The van der Waals surface area contributed by atoms with Crippen molar-refractivity contribution < 1.29 is 14.3 Å². The number of rotatable bonds is 1. The summed E-state index contributed by atoms with van der Waals surface area (Å²) in [6.45, 7) is 1.65. The Morgan fingerprint density at radius 3 is 2.60 bits per heavy atom. The van der Waals surface area contributed by atoms with Gasteiger partial charge in [0.1, 0.15) is 12.2 Å². The third kappa shape index (κ3) is 1.26. The summed E-state index contributed by atoms with van der Waals surface area (Å²) in [6, 6.07) is -1.01. The molecule has 0 spiro atoms. The van der Waals surface area contributed by atoms with E-state index in [4.69, 9.17) is 5.11 Å². The summed E-state index contributed by atoms with van der Waals surface area (Å²) in [5.74, 6) is -0.966. The highest BCUT2D eigenvalue weighted by atomic mass is 19.1. The van der Waals surface area contributed by atoms with Crippen LogP contribution in [-0.2, 0) is 4.79 Å². The lowest BCUT2D eigenvalue weighted by Gasteiger charge is -2.04. The van der Waals surface area contributed by atoms with E-state index in [-0.39, 0.29) is 12.5 Å². The zero-order chi connectivity index (χ0) is 7.72. The molecule has 1 fully saturated rings. The number of carbonyl (C=O) groups is 1. The zero-order valence-corrected chi connectivity index (χ0v) is 5.67. The van der Waals surface area contributed by atoms with E-state index in [0.29, 0.717) is 0 Å². The molecule has 0 amide bonds. The molecular weight excluding hydrogens is 137 g/mol. The minimum absolute atomic E-state index is 0.0938. The monoisotopic (exact) mass is 147 g/mol. The van der Waals surface area contributed by atoms with E-state index in [1.807, 2.05) is 0 Å². The average Bonchev–Trinajstić information content (AvgIpc) is 2.13. The molecule has 1 aliphatic heterocycles. The molecule has 2 N–H and O–H groups in total. The van der Waals surface area contributed by atoms with Crippen molar-refractivity contribution >= 4 is 5.97 Å². The fraction of sp³-hybridized carbons (Fsp3) is 0.833. The van der Waals surface area contributed by atoms with Gasteiger partial charge in [0, 0.05) is 12.5 Å². The molecule has 0 bridgehead atoms. The third-order valence-electron chi connectivity index (χ3n) is 1.77. The van der Waals surface area contributed by atoms with Gasteiger partial charge in [-0.05, 0) is 6.92 Å². The molecule has 1 rings (SSSR count). The minimum atomic E-state index is -1.01. The first kappa shape index (κ1) is 7.47. The van der Waals surface area contributed by atoms with Gasteiger partial charge >= 0.3 is 5.97 Å². The molecule has 0 saturated carbocycles. The standard InChI is InChI=1S/C6H10FNO2/c1-3-4(7)2-5(8-3)6(9)10/h3-5,8H,2H2,1H3,(H,9,10). The lowest BCUT2D eigenvalue weighted by atomic mass is 10.2. The van der Waals surface area contributed by atoms with Gasteiger partial charge in [0.05, 0.1) is 0 Å². The van der Waals surface area contributed by atoms with Crippen LogP contribution in [0.25, 0.3) is 0 Å². The fourth-order valence-corrected chi connectivity index (χ4v) is 1.09. The molecule has 3 atom stereocenters. The lowest BCUT2D eigenvalue weighted by molar-refractivity contribution is -0.139. The predicted octanol–water partition coefficient (Wildman–Crippen LogP) is 0.159. The number of nitrogens with one attached hydrogen (secondary N) is 1. The minimum Gasteiger partial charge on any atom is -0.480 e. The van der Waals surface area contributed by atoms with E-state index < -0.39 is 18.2 Å². The quantitative estimate of drug-likeness (QED) is 0.555. The zero-order valence-electron chi connectivity index (χ0n) is 5.67. The van der Waals surface area contributed by atoms with E-state index in [0.717, 1.165) is 0 Å². The van der Waals surface area contributed by atoms with Crippen LogP contribution in [-0.4, -0.2) is 29.3 Å². The van der Waals surface area contributed by atoms with Crippen LogP contribution in [0.15, 0.2) is 0 Å². The normalized spacial score (nSPS) is 40.0. The molecule has 4 heteroatoms. The van der Waals surface area contributed by atoms with Crippen molar-refractivity contribution in [1.82, 2.24) is 5.32 Å².